The lowest BCUT2D eigenvalue weighted by Crippen LogP contribution is -2.40. The van der Waals surface area contributed by atoms with Crippen LogP contribution < -0.4 is 15.8 Å². The molecule has 1 saturated heterocycles. The molecule has 1 aliphatic rings. The van der Waals surface area contributed by atoms with E-state index in [9.17, 15) is 4.39 Å². The summed E-state index contributed by atoms with van der Waals surface area (Å²) in [4.78, 5) is 0. The van der Waals surface area contributed by atoms with Crippen molar-refractivity contribution in [3.05, 3.63) is 17.9 Å². The molecule has 5 heteroatoms. The van der Waals surface area contributed by atoms with Crippen molar-refractivity contribution in [2.24, 2.45) is 0 Å². The average molecular weight is 268 g/mol. The molecule has 0 atom stereocenters. The predicted molar refractivity (Wildman–Crippen MR) is 74.1 cm³/mol. The van der Waals surface area contributed by atoms with Crippen molar-refractivity contribution in [1.29, 1.82) is 0 Å². The van der Waals surface area contributed by atoms with Crippen LogP contribution in [0, 0.1) is 5.82 Å². The highest BCUT2D eigenvalue weighted by atomic mass is 19.1. The third-order valence-electron chi connectivity index (χ3n) is 3.44. The van der Waals surface area contributed by atoms with Crippen molar-refractivity contribution in [2.75, 3.05) is 30.9 Å². The van der Waals surface area contributed by atoms with Crippen LogP contribution in [-0.4, -0.2) is 25.4 Å². The molecular weight excluding hydrogens is 247 g/mol. The van der Waals surface area contributed by atoms with Crippen LogP contribution in [0.3, 0.4) is 0 Å². The van der Waals surface area contributed by atoms with E-state index in [-0.39, 0.29) is 11.3 Å². The molecule has 3 N–H and O–H groups in total. The Labute approximate surface area is 113 Å². The second kappa shape index (κ2) is 5.65. The molecular formula is C14H21FN2O2. The van der Waals surface area contributed by atoms with Gasteiger partial charge in [0.25, 0.3) is 0 Å². The van der Waals surface area contributed by atoms with Gasteiger partial charge in [0, 0.05) is 30.9 Å². The van der Waals surface area contributed by atoms with E-state index >= 15 is 0 Å². The Bertz CT molecular complexity index is 445. The van der Waals surface area contributed by atoms with Gasteiger partial charge in [-0.05, 0) is 26.7 Å². The summed E-state index contributed by atoms with van der Waals surface area (Å²) in [5.41, 5.74) is 6.91. The van der Waals surface area contributed by atoms with Gasteiger partial charge in [-0.2, -0.15) is 0 Å². The van der Waals surface area contributed by atoms with E-state index in [0.717, 1.165) is 26.1 Å². The average Bonchev–Trinajstić information content (AvgIpc) is 2.36. The van der Waals surface area contributed by atoms with Crippen molar-refractivity contribution in [1.82, 2.24) is 0 Å². The van der Waals surface area contributed by atoms with Crippen molar-refractivity contribution in [2.45, 2.75) is 32.2 Å². The molecule has 4 nitrogen and oxygen atoms in total. The summed E-state index contributed by atoms with van der Waals surface area (Å²) in [6.07, 6.45) is 1.79. The van der Waals surface area contributed by atoms with Gasteiger partial charge < -0.3 is 20.5 Å². The van der Waals surface area contributed by atoms with Crippen molar-refractivity contribution in [3.8, 4) is 5.75 Å². The van der Waals surface area contributed by atoms with E-state index in [4.69, 9.17) is 15.2 Å². The molecule has 106 valence electrons. The summed E-state index contributed by atoms with van der Waals surface area (Å²) in [6, 6.07) is 2.94. The molecule has 1 aromatic carbocycles. The number of anilines is 2. The highest BCUT2D eigenvalue weighted by Gasteiger charge is 2.28. The van der Waals surface area contributed by atoms with Crippen LogP contribution in [-0.2, 0) is 4.74 Å². The first kappa shape index (κ1) is 13.9. The van der Waals surface area contributed by atoms with E-state index in [0.29, 0.717) is 18.0 Å². The van der Waals surface area contributed by atoms with E-state index < -0.39 is 5.82 Å². The van der Waals surface area contributed by atoms with Gasteiger partial charge in [-0.3, -0.25) is 0 Å². The molecule has 0 unspecified atom stereocenters. The molecule has 1 aromatic rings. The maximum Gasteiger partial charge on any atom is 0.167 e. The van der Waals surface area contributed by atoms with Gasteiger partial charge in [-0.1, -0.05) is 0 Å². The van der Waals surface area contributed by atoms with Crippen molar-refractivity contribution in [3.63, 3.8) is 0 Å². The summed E-state index contributed by atoms with van der Waals surface area (Å²) >= 11 is 0. The Hall–Kier alpha value is -1.49. The van der Waals surface area contributed by atoms with Gasteiger partial charge in [0.1, 0.15) is 0 Å². The van der Waals surface area contributed by atoms with Crippen LogP contribution in [0.4, 0.5) is 15.8 Å². The smallest absolute Gasteiger partial charge is 0.167 e. The molecule has 1 fully saturated rings. The topological polar surface area (TPSA) is 56.5 Å². The third-order valence-corrected chi connectivity index (χ3v) is 3.44. The summed E-state index contributed by atoms with van der Waals surface area (Å²) in [5.74, 6) is -0.197. The van der Waals surface area contributed by atoms with Crippen LogP contribution >= 0.6 is 0 Å². The third kappa shape index (κ3) is 3.29. The van der Waals surface area contributed by atoms with Crippen LogP contribution in [0.2, 0.25) is 0 Å². The second-order valence-electron chi connectivity index (χ2n) is 5.10. The van der Waals surface area contributed by atoms with Gasteiger partial charge in [0.2, 0.25) is 0 Å². The molecule has 0 radical (unpaired) electrons. The molecule has 0 spiro atoms. The number of nitrogens with one attached hydrogen (secondary N) is 1. The number of benzene rings is 1. The van der Waals surface area contributed by atoms with Crippen molar-refractivity contribution < 1.29 is 13.9 Å². The molecule has 1 heterocycles. The molecule has 2 rings (SSSR count). The SMILES string of the molecule is CCOc1cc(NC2(C)CCOCC2)c(N)cc1F. The lowest BCUT2D eigenvalue weighted by Gasteiger charge is -2.36. The Morgan fingerprint density at radius 3 is 2.74 bits per heavy atom. The number of nitrogens with two attached hydrogens (primary N) is 1. The first-order chi connectivity index (χ1) is 9.04. The summed E-state index contributed by atoms with van der Waals surface area (Å²) in [5, 5.41) is 3.40. The first-order valence-corrected chi connectivity index (χ1v) is 6.62. The predicted octanol–water partition coefficient (Wildman–Crippen LogP) is 2.79. The van der Waals surface area contributed by atoms with Crippen LogP contribution in [0.15, 0.2) is 12.1 Å². The number of hydrogen-bond donors (Lipinski definition) is 2. The van der Waals surface area contributed by atoms with Crippen LogP contribution in [0.1, 0.15) is 26.7 Å². The lowest BCUT2D eigenvalue weighted by atomic mass is 9.92. The van der Waals surface area contributed by atoms with Gasteiger partial charge in [-0.25, -0.2) is 4.39 Å². The van der Waals surface area contributed by atoms with Gasteiger partial charge >= 0.3 is 0 Å². The van der Waals surface area contributed by atoms with E-state index in [1.54, 1.807) is 6.07 Å². The quantitative estimate of drug-likeness (QED) is 0.824. The minimum absolute atomic E-state index is 0.0757. The Morgan fingerprint density at radius 2 is 2.11 bits per heavy atom. The fraction of sp³-hybridized carbons (Fsp3) is 0.571. The highest BCUT2D eigenvalue weighted by Crippen LogP contribution is 2.33. The number of halogens is 1. The summed E-state index contributed by atoms with van der Waals surface area (Å²) in [6.45, 7) is 5.82. The molecule has 19 heavy (non-hydrogen) atoms. The minimum atomic E-state index is -0.429. The minimum Gasteiger partial charge on any atom is -0.491 e. The zero-order valence-corrected chi connectivity index (χ0v) is 11.5. The molecule has 0 aromatic heterocycles. The van der Waals surface area contributed by atoms with E-state index in [2.05, 4.69) is 12.2 Å². The van der Waals surface area contributed by atoms with Gasteiger partial charge in [-0.15, -0.1) is 0 Å². The van der Waals surface area contributed by atoms with Gasteiger partial charge in [0.15, 0.2) is 11.6 Å². The number of rotatable bonds is 4. The zero-order chi connectivity index (χ0) is 13.9. The number of hydrogen-bond acceptors (Lipinski definition) is 4. The Morgan fingerprint density at radius 1 is 1.42 bits per heavy atom. The maximum absolute atomic E-state index is 13.6. The fourth-order valence-corrected chi connectivity index (χ4v) is 2.22. The maximum atomic E-state index is 13.6. The molecule has 0 amide bonds. The summed E-state index contributed by atoms with van der Waals surface area (Å²) < 4.78 is 24.3. The molecule has 0 aliphatic carbocycles. The van der Waals surface area contributed by atoms with Crippen LogP contribution in [0.5, 0.6) is 5.75 Å². The zero-order valence-electron chi connectivity index (χ0n) is 11.5. The highest BCUT2D eigenvalue weighted by molar-refractivity contribution is 5.69. The van der Waals surface area contributed by atoms with Gasteiger partial charge in [0.05, 0.1) is 18.0 Å². The molecule has 0 bridgehead atoms. The van der Waals surface area contributed by atoms with E-state index in [1.807, 2.05) is 6.92 Å². The summed E-state index contributed by atoms with van der Waals surface area (Å²) in [7, 11) is 0. The number of nitrogen functional groups attached to an aromatic ring is 1. The second-order valence-corrected chi connectivity index (χ2v) is 5.10. The lowest BCUT2D eigenvalue weighted by molar-refractivity contribution is 0.0658. The number of ether oxygens (including phenoxy) is 2. The Kier molecular flexibility index (Phi) is 4.14. The first-order valence-electron chi connectivity index (χ1n) is 6.62. The van der Waals surface area contributed by atoms with Crippen LogP contribution in [0.25, 0.3) is 0 Å². The fourth-order valence-electron chi connectivity index (χ4n) is 2.22. The largest absolute Gasteiger partial charge is 0.491 e. The molecule has 1 aliphatic heterocycles. The van der Waals surface area contributed by atoms with Crippen molar-refractivity contribution >= 4 is 11.4 Å². The Balaban J connectivity index is 2.21. The molecule has 0 saturated carbocycles. The van der Waals surface area contributed by atoms with E-state index in [1.165, 1.54) is 6.07 Å². The normalized spacial score (nSPS) is 18.1. The standard InChI is InChI=1S/C14H21FN2O2/c1-3-19-13-9-12(11(16)8-10(13)15)17-14(2)4-6-18-7-5-14/h8-9,17H,3-7,16H2,1-2H3. The monoisotopic (exact) mass is 268 g/mol.